The molecular weight excluding hydrogens is 320 g/mol. The zero-order valence-corrected chi connectivity index (χ0v) is 11.4. The van der Waals surface area contributed by atoms with Crippen LogP contribution >= 0.6 is 0 Å². The van der Waals surface area contributed by atoms with Crippen molar-refractivity contribution in [1.29, 1.82) is 0 Å². The highest BCUT2D eigenvalue weighted by Crippen LogP contribution is 2.32. The summed E-state index contributed by atoms with van der Waals surface area (Å²) in [6, 6.07) is 0. The Hall–Kier alpha value is -2.14. The molecule has 0 radical (unpaired) electrons. The molecule has 7 nitrogen and oxygen atoms in total. The van der Waals surface area contributed by atoms with Crippen LogP contribution in [0.4, 0.5) is 22.4 Å². The highest BCUT2D eigenvalue weighted by atomic mass is 19.3. The lowest BCUT2D eigenvalue weighted by atomic mass is 10.2. The SMILES string of the molecule is C=C(C)C(=O)O.C=COC(=O)O.OCC(F)(F)C(F)(F)CO. The number of hydrogen-bond acceptors (Lipinski definition) is 5. The fourth-order valence-electron chi connectivity index (χ4n) is 0.303. The average molecular weight is 336 g/mol. The molecule has 0 saturated carbocycles. The minimum Gasteiger partial charge on any atom is -0.478 e. The number of aliphatic hydroxyl groups is 2. The van der Waals surface area contributed by atoms with Crippen molar-refractivity contribution >= 4 is 12.1 Å². The monoisotopic (exact) mass is 336 g/mol. The maximum absolute atomic E-state index is 11.8. The molecule has 22 heavy (non-hydrogen) atoms. The van der Waals surface area contributed by atoms with Gasteiger partial charge in [0.2, 0.25) is 0 Å². The van der Waals surface area contributed by atoms with E-state index in [4.69, 9.17) is 20.4 Å². The molecule has 11 heteroatoms. The van der Waals surface area contributed by atoms with Crippen molar-refractivity contribution in [3.05, 3.63) is 25.0 Å². The van der Waals surface area contributed by atoms with E-state index in [1.807, 2.05) is 0 Å². The predicted octanol–water partition coefficient (Wildman–Crippen LogP) is 1.71. The normalized spacial score (nSPS) is 10.1. The first-order valence-electron chi connectivity index (χ1n) is 5.15. The topological polar surface area (TPSA) is 124 Å². The molecule has 0 bridgehead atoms. The van der Waals surface area contributed by atoms with E-state index in [1.165, 1.54) is 6.92 Å². The third kappa shape index (κ3) is 12.9. The van der Waals surface area contributed by atoms with Crippen molar-refractivity contribution in [2.24, 2.45) is 0 Å². The summed E-state index contributed by atoms with van der Waals surface area (Å²) in [7, 11) is 0. The molecule has 0 amide bonds. The lowest BCUT2D eigenvalue weighted by Gasteiger charge is -2.22. The first kappa shape index (κ1) is 24.9. The van der Waals surface area contributed by atoms with Gasteiger partial charge in [-0.15, -0.1) is 0 Å². The Balaban J connectivity index is -0.000000261. The Morgan fingerprint density at radius 3 is 1.41 bits per heavy atom. The number of carboxylic acid groups (broad SMARTS) is 2. The number of carbonyl (C=O) groups is 2. The molecule has 0 aliphatic rings. The van der Waals surface area contributed by atoms with Gasteiger partial charge in [-0.2, -0.15) is 17.6 Å². The highest BCUT2D eigenvalue weighted by molar-refractivity contribution is 5.84. The number of carboxylic acids is 1. The van der Waals surface area contributed by atoms with Gasteiger partial charge in [0.1, 0.15) is 13.2 Å². The van der Waals surface area contributed by atoms with E-state index in [9.17, 15) is 27.2 Å². The van der Waals surface area contributed by atoms with Crippen molar-refractivity contribution < 1.29 is 52.3 Å². The fraction of sp³-hybridized carbons (Fsp3) is 0.455. The summed E-state index contributed by atoms with van der Waals surface area (Å²) in [6.07, 6.45) is -0.479. The van der Waals surface area contributed by atoms with E-state index >= 15 is 0 Å². The largest absolute Gasteiger partial charge is 0.510 e. The molecule has 0 aliphatic heterocycles. The third-order valence-corrected chi connectivity index (χ3v) is 1.48. The van der Waals surface area contributed by atoms with Crippen LogP contribution in [0.2, 0.25) is 0 Å². The molecule has 0 heterocycles. The van der Waals surface area contributed by atoms with Crippen molar-refractivity contribution in [3.63, 3.8) is 0 Å². The number of ether oxygens (including phenoxy) is 1. The number of aliphatic carboxylic acids is 1. The summed E-state index contributed by atoms with van der Waals surface area (Å²) in [6.45, 7) is 3.66. The maximum Gasteiger partial charge on any atom is 0.510 e. The molecule has 0 unspecified atom stereocenters. The van der Waals surface area contributed by atoms with Crippen molar-refractivity contribution in [2.75, 3.05) is 13.2 Å². The average Bonchev–Trinajstić information content (AvgIpc) is 2.39. The van der Waals surface area contributed by atoms with Crippen molar-refractivity contribution in [2.45, 2.75) is 18.8 Å². The van der Waals surface area contributed by atoms with Crippen LogP contribution in [0.15, 0.2) is 25.0 Å². The molecule has 0 aliphatic carbocycles. The molecule has 0 aromatic carbocycles. The van der Waals surface area contributed by atoms with Gasteiger partial charge >= 0.3 is 24.0 Å². The molecule has 130 valence electrons. The number of rotatable bonds is 5. The molecular formula is C11H16F4O7. The molecule has 0 aromatic heterocycles. The quantitative estimate of drug-likeness (QED) is 0.261. The van der Waals surface area contributed by atoms with E-state index < -0.39 is 37.2 Å². The standard InChI is InChI=1S/C4H6F4O2.C4H6O2.C3H4O3/c5-3(6,1-9)4(7,8)2-10;1-3(2)4(5)6;1-2-6-3(4)5/h9-10H,1-2H2;1H2,2H3,(H,5,6);2H,1H2,(H,4,5). The van der Waals surface area contributed by atoms with Crippen LogP contribution in [-0.2, 0) is 9.53 Å². The Labute approximate surface area is 122 Å². The number of aliphatic hydroxyl groups excluding tert-OH is 2. The summed E-state index contributed by atoms with van der Waals surface area (Å²) in [5.41, 5.74) is 0.176. The van der Waals surface area contributed by atoms with Gasteiger partial charge < -0.3 is 25.2 Å². The van der Waals surface area contributed by atoms with Gasteiger partial charge in [-0.3, -0.25) is 0 Å². The van der Waals surface area contributed by atoms with E-state index in [0.29, 0.717) is 0 Å². The molecule has 0 spiro atoms. The minimum atomic E-state index is -4.54. The van der Waals surface area contributed by atoms with Crippen LogP contribution in [0.5, 0.6) is 0 Å². The first-order valence-corrected chi connectivity index (χ1v) is 5.15. The third-order valence-electron chi connectivity index (χ3n) is 1.48. The first-order chi connectivity index (χ1) is 9.78. The van der Waals surface area contributed by atoms with Crippen molar-refractivity contribution in [3.8, 4) is 0 Å². The smallest absolute Gasteiger partial charge is 0.478 e. The number of halogens is 4. The second-order valence-electron chi connectivity index (χ2n) is 3.36. The van der Waals surface area contributed by atoms with E-state index in [-0.39, 0.29) is 5.57 Å². The fourth-order valence-corrected chi connectivity index (χ4v) is 0.303. The van der Waals surface area contributed by atoms with Crippen LogP contribution in [0.25, 0.3) is 0 Å². The number of hydrogen-bond donors (Lipinski definition) is 4. The van der Waals surface area contributed by atoms with Gasteiger partial charge in [0.15, 0.2) is 0 Å². The van der Waals surface area contributed by atoms with Crippen LogP contribution in [-0.4, -0.2) is 57.6 Å². The Kier molecular flexibility index (Phi) is 13.0. The van der Waals surface area contributed by atoms with E-state index in [1.54, 1.807) is 0 Å². The lowest BCUT2D eigenvalue weighted by molar-refractivity contribution is -0.239. The summed E-state index contributed by atoms with van der Waals surface area (Å²) in [5.74, 6) is -10.0. The van der Waals surface area contributed by atoms with E-state index in [0.717, 1.165) is 6.26 Å². The van der Waals surface area contributed by atoms with Gasteiger partial charge in [-0.25, -0.2) is 9.59 Å². The van der Waals surface area contributed by atoms with E-state index in [2.05, 4.69) is 17.9 Å². The van der Waals surface area contributed by atoms with Crippen molar-refractivity contribution in [1.82, 2.24) is 0 Å². The zero-order chi connectivity index (χ0) is 18.6. The molecule has 0 fully saturated rings. The predicted molar refractivity (Wildman–Crippen MR) is 65.8 cm³/mol. The summed E-state index contributed by atoms with van der Waals surface area (Å²) in [5, 5.41) is 31.0. The summed E-state index contributed by atoms with van der Waals surface area (Å²) in [4.78, 5) is 18.9. The number of alkyl halides is 4. The van der Waals surface area contributed by atoms with Crippen LogP contribution < -0.4 is 0 Å². The molecule has 0 saturated heterocycles. The van der Waals surface area contributed by atoms with Crippen LogP contribution in [0.1, 0.15) is 6.92 Å². The summed E-state index contributed by atoms with van der Waals surface area (Å²) < 4.78 is 50.8. The van der Waals surface area contributed by atoms with Crippen LogP contribution in [0, 0.1) is 0 Å². The minimum absolute atomic E-state index is 0.176. The Bertz CT molecular complexity index is 357. The Morgan fingerprint density at radius 1 is 1.09 bits per heavy atom. The molecule has 0 rings (SSSR count). The second-order valence-corrected chi connectivity index (χ2v) is 3.36. The lowest BCUT2D eigenvalue weighted by Crippen LogP contribution is -2.46. The van der Waals surface area contributed by atoms with Gasteiger partial charge in [0, 0.05) is 5.57 Å². The van der Waals surface area contributed by atoms with Crippen LogP contribution in [0.3, 0.4) is 0 Å². The highest BCUT2D eigenvalue weighted by Gasteiger charge is 2.55. The van der Waals surface area contributed by atoms with Gasteiger partial charge in [-0.1, -0.05) is 13.2 Å². The molecule has 4 N–H and O–H groups in total. The molecule has 0 atom stereocenters. The van der Waals surface area contributed by atoms with Gasteiger partial charge in [-0.05, 0) is 6.92 Å². The Morgan fingerprint density at radius 2 is 1.36 bits per heavy atom. The molecule has 0 aromatic rings. The maximum atomic E-state index is 11.8. The van der Waals surface area contributed by atoms with Gasteiger partial charge in [0.05, 0.1) is 6.26 Å². The second kappa shape index (κ2) is 11.5. The summed E-state index contributed by atoms with van der Waals surface area (Å²) >= 11 is 0. The van der Waals surface area contributed by atoms with Gasteiger partial charge in [0.25, 0.3) is 0 Å². The zero-order valence-electron chi connectivity index (χ0n) is 11.4.